The van der Waals surface area contributed by atoms with Crippen molar-refractivity contribution >= 4 is 17.7 Å². The second-order valence-electron chi connectivity index (χ2n) is 2.40. The minimum Gasteiger partial charge on any atom is -0.358 e. The van der Waals surface area contributed by atoms with Crippen LogP contribution in [-0.4, -0.2) is 36.2 Å². The van der Waals surface area contributed by atoms with Gasteiger partial charge >= 0.3 is 0 Å². The third-order valence-corrected chi connectivity index (χ3v) is 1.60. The first-order chi connectivity index (χ1) is 6.06. The number of hydrogen-bond acceptors (Lipinski definition) is 3. The first kappa shape index (κ1) is 7.27. The molecular weight excluding hydrogens is 160 g/mol. The molecule has 0 spiro atoms. The fraction of sp³-hybridized carbons (Fsp3) is 0.571. The van der Waals surface area contributed by atoms with Gasteiger partial charge in [0.15, 0.2) is 0 Å². The molecule has 5 heteroatoms. The van der Waals surface area contributed by atoms with Gasteiger partial charge in [-0.2, -0.15) is 0 Å². The zero-order chi connectivity index (χ0) is 10.0. The third-order valence-electron chi connectivity index (χ3n) is 1.60. The first-order valence-electron chi connectivity index (χ1n) is 4.11. The normalized spacial score (nSPS) is 24.2. The molecule has 1 heterocycles. The van der Waals surface area contributed by atoms with Crippen LogP contribution in [0.15, 0.2) is 0 Å². The van der Waals surface area contributed by atoms with E-state index >= 15 is 0 Å². The quantitative estimate of drug-likeness (QED) is 0.535. The average molecular weight is 171 g/mol. The predicted octanol–water partition coefficient (Wildman–Crippen LogP) is -1.12. The summed E-state index contributed by atoms with van der Waals surface area (Å²) in [7, 11) is 1.42. The third kappa shape index (κ3) is 1.61. The summed E-state index contributed by atoms with van der Waals surface area (Å²) in [4.78, 5) is 33.8. The van der Waals surface area contributed by atoms with E-state index in [1.807, 2.05) is 0 Å². The van der Waals surface area contributed by atoms with E-state index in [0.717, 1.165) is 4.90 Å². The fourth-order valence-corrected chi connectivity index (χ4v) is 0.907. The molecule has 0 aromatic rings. The van der Waals surface area contributed by atoms with E-state index in [-0.39, 0.29) is 13.0 Å². The van der Waals surface area contributed by atoms with Gasteiger partial charge < -0.3 is 5.32 Å². The highest BCUT2D eigenvalue weighted by Crippen LogP contribution is 2.10. The molecule has 1 aliphatic rings. The predicted molar refractivity (Wildman–Crippen MR) is 40.0 cm³/mol. The van der Waals surface area contributed by atoms with E-state index in [2.05, 4.69) is 5.32 Å². The SMILES string of the molecule is [2H]C1CC(=O)N(CC(=O)NC)C1=O. The molecule has 0 aromatic carbocycles. The van der Waals surface area contributed by atoms with Gasteiger partial charge in [-0.05, 0) is 0 Å². The molecule has 0 aromatic heterocycles. The highest BCUT2D eigenvalue weighted by atomic mass is 16.2. The van der Waals surface area contributed by atoms with Crippen molar-refractivity contribution in [3.05, 3.63) is 0 Å². The van der Waals surface area contributed by atoms with Crippen LogP contribution >= 0.6 is 0 Å². The molecule has 1 N–H and O–H groups in total. The van der Waals surface area contributed by atoms with Crippen LogP contribution in [0.1, 0.15) is 14.2 Å². The molecule has 0 aliphatic carbocycles. The summed E-state index contributed by atoms with van der Waals surface area (Å²) in [6.07, 6.45) is -1.15. The van der Waals surface area contributed by atoms with E-state index in [1.54, 1.807) is 0 Å². The van der Waals surface area contributed by atoms with Crippen molar-refractivity contribution in [1.29, 1.82) is 0 Å². The van der Waals surface area contributed by atoms with Crippen LogP contribution in [0.5, 0.6) is 0 Å². The van der Waals surface area contributed by atoms with Gasteiger partial charge in [0, 0.05) is 21.2 Å². The van der Waals surface area contributed by atoms with Crippen LogP contribution in [-0.2, 0) is 14.4 Å². The molecule has 66 valence electrons. The Morgan fingerprint density at radius 1 is 1.67 bits per heavy atom. The van der Waals surface area contributed by atoms with E-state index in [9.17, 15) is 14.4 Å². The van der Waals surface area contributed by atoms with Crippen molar-refractivity contribution in [3.63, 3.8) is 0 Å². The Balaban J connectivity index is 2.64. The minimum atomic E-state index is -1.03. The Kier molecular flexibility index (Phi) is 2.02. The fourth-order valence-electron chi connectivity index (χ4n) is 0.907. The maximum Gasteiger partial charge on any atom is 0.239 e. The maximum atomic E-state index is 11.1. The Morgan fingerprint density at radius 2 is 2.33 bits per heavy atom. The Labute approximate surface area is 71.1 Å². The van der Waals surface area contributed by atoms with Crippen LogP contribution in [0.2, 0.25) is 0 Å². The van der Waals surface area contributed by atoms with E-state index in [1.165, 1.54) is 7.05 Å². The molecule has 1 saturated heterocycles. The lowest BCUT2D eigenvalue weighted by Crippen LogP contribution is -2.38. The molecule has 12 heavy (non-hydrogen) atoms. The minimum absolute atomic E-state index is 0.115. The lowest BCUT2D eigenvalue weighted by molar-refractivity contribution is -0.142. The molecule has 1 atom stereocenters. The van der Waals surface area contributed by atoms with Crippen molar-refractivity contribution < 1.29 is 15.8 Å². The highest BCUT2D eigenvalue weighted by molar-refractivity contribution is 6.04. The zero-order valence-corrected chi connectivity index (χ0v) is 6.66. The number of nitrogens with one attached hydrogen (secondary N) is 1. The monoisotopic (exact) mass is 171 g/mol. The Hall–Kier alpha value is -1.39. The van der Waals surface area contributed by atoms with Crippen molar-refractivity contribution in [2.24, 2.45) is 0 Å². The average Bonchev–Trinajstić information content (AvgIpc) is 2.32. The zero-order valence-electron chi connectivity index (χ0n) is 7.66. The summed E-state index contributed by atoms with van der Waals surface area (Å²) in [5.74, 6) is -1.45. The first-order valence-corrected chi connectivity index (χ1v) is 3.53. The summed E-state index contributed by atoms with van der Waals surface area (Å²) >= 11 is 0. The number of likely N-dealkylation sites (tertiary alicyclic amines) is 1. The molecule has 0 saturated carbocycles. The Bertz CT molecular complexity index is 266. The largest absolute Gasteiger partial charge is 0.358 e. The second-order valence-corrected chi connectivity index (χ2v) is 2.40. The van der Waals surface area contributed by atoms with Crippen LogP contribution in [0.25, 0.3) is 0 Å². The van der Waals surface area contributed by atoms with Gasteiger partial charge in [-0.15, -0.1) is 0 Å². The maximum absolute atomic E-state index is 11.1. The van der Waals surface area contributed by atoms with Gasteiger partial charge in [-0.25, -0.2) is 0 Å². The van der Waals surface area contributed by atoms with Gasteiger partial charge in [0.1, 0.15) is 6.54 Å². The van der Waals surface area contributed by atoms with Crippen LogP contribution in [0, 0.1) is 0 Å². The van der Waals surface area contributed by atoms with Gasteiger partial charge in [0.25, 0.3) is 0 Å². The van der Waals surface area contributed by atoms with Gasteiger partial charge in [0.2, 0.25) is 17.7 Å². The number of carbonyl (C=O) groups is 3. The van der Waals surface area contributed by atoms with Gasteiger partial charge in [-0.1, -0.05) is 0 Å². The summed E-state index contributed by atoms with van der Waals surface area (Å²) in [5.41, 5.74) is 0. The molecule has 0 bridgehead atoms. The molecule has 5 nitrogen and oxygen atoms in total. The van der Waals surface area contributed by atoms with E-state index in [4.69, 9.17) is 1.37 Å². The summed E-state index contributed by atoms with van der Waals surface area (Å²) < 4.78 is 7.16. The van der Waals surface area contributed by atoms with E-state index < -0.39 is 24.1 Å². The van der Waals surface area contributed by atoms with Crippen molar-refractivity contribution in [3.8, 4) is 0 Å². The summed E-state index contributed by atoms with van der Waals surface area (Å²) in [5, 5.41) is 2.30. The van der Waals surface area contributed by atoms with Gasteiger partial charge in [-0.3, -0.25) is 19.3 Å². The topological polar surface area (TPSA) is 66.5 Å². The van der Waals surface area contributed by atoms with Crippen LogP contribution < -0.4 is 5.32 Å². The smallest absolute Gasteiger partial charge is 0.239 e. The lowest BCUT2D eigenvalue weighted by atomic mass is 10.4. The van der Waals surface area contributed by atoms with Crippen molar-refractivity contribution in [1.82, 2.24) is 10.2 Å². The standard InChI is InChI=1S/C7H10N2O3/c1-8-5(10)4-9-6(11)2-3-7(9)12/h2-4H2,1H3,(H,8,10)/i2D. The molecular formula is C7H10N2O3. The molecule has 1 fully saturated rings. The molecule has 1 unspecified atom stereocenters. The molecule has 1 rings (SSSR count). The van der Waals surface area contributed by atoms with Crippen molar-refractivity contribution in [2.75, 3.05) is 13.6 Å². The highest BCUT2D eigenvalue weighted by Gasteiger charge is 2.29. The second kappa shape index (κ2) is 3.34. The molecule has 1 aliphatic heterocycles. The lowest BCUT2D eigenvalue weighted by Gasteiger charge is -2.11. The van der Waals surface area contributed by atoms with Crippen molar-refractivity contribution in [2.45, 2.75) is 12.8 Å². The number of rotatable bonds is 2. The number of carbonyl (C=O) groups excluding carboxylic acids is 3. The number of likely N-dealkylation sites (N-methyl/N-ethyl adjacent to an activating group) is 1. The Morgan fingerprint density at radius 3 is 2.75 bits per heavy atom. The number of imide groups is 1. The van der Waals surface area contributed by atoms with E-state index in [0.29, 0.717) is 0 Å². The molecule has 0 radical (unpaired) electrons. The summed E-state index contributed by atoms with van der Waals surface area (Å²) in [6, 6.07) is 0. The van der Waals surface area contributed by atoms with Gasteiger partial charge in [0.05, 0.1) is 0 Å². The number of hydrogen-bond donors (Lipinski definition) is 1. The number of amides is 3. The summed E-state index contributed by atoms with van der Waals surface area (Å²) in [6.45, 7) is -0.274. The molecule has 3 amide bonds. The van der Waals surface area contributed by atoms with Crippen LogP contribution in [0.3, 0.4) is 0 Å². The van der Waals surface area contributed by atoms with Crippen LogP contribution in [0.4, 0.5) is 0 Å². The number of nitrogens with zero attached hydrogens (tertiary/aromatic N) is 1.